The van der Waals surface area contributed by atoms with Gasteiger partial charge in [0.25, 0.3) is 0 Å². The van der Waals surface area contributed by atoms with E-state index in [1.165, 1.54) is 13.2 Å². The first kappa shape index (κ1) is 18.9. The van der Waals surface area contributed by atoms with Gasteiger partial charge in [0, 0.05) is 12.3 Å². The molecule has 0 amide bonds. The number of hydrogen-bond acceptors (Lipinski definition) is 5. The van der Waals surface area contributed by atoms with Crippen LogP contribution in [0.3, 0.4) is 0 Å². The van der Waals surface area contributed by atoms with Crippen molar-refractivity contribution in [2.24, 2.45) is 0 Å². The molecule has 0 spiro atoms. The molecular weight excluding hydrogens is 383 g/mol. The Hall–Kier alpha value is -3.49. The van der Waals surface area contributed by atoms with Gasteiger partial charge in [-0.15, -0.1) is 10.2 Å². The van der Waals surface area contributed by atoms with E-state index in [0.717, 1.165) is 24.1 Å². The smallest absolute Gasteiger partial charge is 0.416 e. The molecule has 0 aliphatic rings. The summed E-state index contributed by atoms with van der Waals surface area (Å²) in [5.41, 5.74) is 1.45. The molecule has 148 valence electrons. The molecule has 0 saturated heterocycles. The number of rotatable bonds is 4. The second-order valence-corrected chi connectivity index (χ2v) is 6.31. The van der Waals surface area contributed by atoms with Gasteiger partial charge in [0.1, 0.15) is 5.69 Å². The van der Waals surface area contributed by atoms with E-state index in [2.05, 4.69) is 20.2 Å². The number of imidazole rings is 1. The molecule has 29 heavy (non-hydrogen) atoms. The van der Waals surface area contributed by atoms with E-state index in [1.54, 1.807) is 29.0 Å². The van der Waals surface area contributed by atoms with Gasteiger partial charge in [0.05, 0.1) is 23.7 Å². The van der Waals surface area contributed by atoms with Crippen LogP contribution in [0.1, 0.15) is 18.1 Å². The predicted molar refractivity (Wildman–Crippen MR) is 101 cm³/mol. The van der Waals surface area contributed by atoms with Crippen LogP contribution < -0.4 is 4.74 Å². The highest BCUT2D eigenvalue weighted by Gasteiger charge is 2.31. The molecule has 6 nitrogen and oxygen atoms in total. The third-order valence-electron chi connectivity index (χ3n) is 4.51. The minimum Gasteiger partial charge on any atom is -0.480 e. The van der Waals surface area contributed by atoms with Gasteiger partial charge in [-0.25, -0.2) is 4.98 Å². The van der Waals surface area contributed by atoms with Gasteiger partial charge < -0.3 is 4.74 Å². The van der Waals surface area contributed by atoms with Gasteiger partial charge >= 0.3 is 6.18 Å². The molecule has 0 saturated carbocycles. The van der Waals surface area contributed by atoms with E-state index in [9.17, 15) is 13.2 Å². The van der Waals surface area contributed by atoms with Crippen molar-refractivity contribution in [1.82, 2.24) is 24.7 Å². The van der Waals surface area contributed by atoms with Crippen LogP contribution in [0.5, 0.6) is 5.88 Å². The maximum atomic E-state index is 13.2. The number of halogens is 3. The first-order chi connectivity index (χ1) is 13.9. The number of hydrogen-bond donors (Lipinski definition) is 0. The van der Waals surface area contributed by atoms with Crippen molar-refractivity contribution in [2.45, 2.75) is 19.5 Å². The Morgan fingerprint density at radius 1 is 1.03 bits per heavy atom. The van der Waals surface area contributed by atoms with E-state index in [4.69, 9.17) is 4.74 Å². The first-order valence-electron chi connectivity index (χ1n) is 8.84. The lowest BCUT2D eigenvalue weighted by atomic mass is 10.2. The highest BCUT2D eigenvalue weighted by molar-refractivity contribution is 5.83. The van der Waals surface area contributed by atoms with E-state index >= 15 is 0 Å². The van der Waals surface area contributed by atoms with Crippen LogP contribution in [0, 0.1) is 0 Å². The van der Waals surface area contributed by atoms with E-state index < -0.39 is 11.7 Å². The SMILES string of the molecule is CCc1ccc(-c2nc3cc(C(F)(F)F)ccc3n2-c2ccc(OC)nn2)nc1. The Bertz CT molecular complexity index is 1150. The van der Waals surface area contributed by atoms with Crippen molar-refractivity contribution in [1.29, 1.82) is 0 Å². The monoisotopic (exact) mass is 399 g/mol. The number of methoxy groups -OCH3 is 1. The summed E-state index contributed by atoms with van der Waals surface area (Å²) in [6.45, 7) is 2.01. The summed E-state index contributed by atoms with van der Waals surface area (Å²) in [5.74, 6) is 1.09. The van der Waals surface area contributed by atoms with Crippen LogP contribution >= 0.6 is 0 Å². The molecule has 0 atom stereocenters. The van der Waals surface area contributed by atoms with Crippen LogP contribution in [0.25, 0.3) is 28.4 Å². The van der Waals surface area contributed by atoms with Gasteiger partial charge in [-0.3, -0.25) is 9.55 Å². The van der Waals surface area contributed by atoms with Crippen molar-refractivity contribution in [3.05, 3.63) is 59.8 Å². The maximum absolute atomic E-state index is 13.2. The summed E-state index contributed by atoms with van der Waals surface area (Å²) in [6, 6.07) is 10.4. The second-order valence-electron chi connectivity index (χ2n) is 6.31. The van der Waals surface area contributed by atoms with E-state index in [0.29, 0.717) is 28.7 Å². The van der Waals surface area contributed by atoms with Gasteiger partial charge in [-0.2, -0.15) is 13.2 Å². The van der Waals surface area contributed by atoms with Crippen molar-refractivity contribution in [3.8, 4) is 23.2 Å². The number of benzene rings is 1. The highest BCUT2D eigenvalue weighted by atomic mass is 19.4. The van der Waals surface area contributed by atoms with Crippen molar-refractivity contribution in [3.63, 3.8) is 0 Å². The Kier molecular flexibility index (Phi) is 4.65. The van der Waals surface area contributed by atoms with Crippen LogP contribution in [0.2, 0.25) is 0 Å². The maximum Gasteiger partial charge on any atom is 0.416 e. The number of aryl methyl sites for hydroxylation is 1. The van der Waals surface area contributed by atoms with Crippen molar-refractivity contribution in [2.75, 3.05) is 7.11 Å². The zero-order valence-corrected chi connectivity index (χ0v) is 15.6. The minimum absolute atomic E-state index is 0.189. The molecule has 0 N–H and O–H groups in total. The average molecular weight is 399 g/mol. The molecule has 0 radical (unpaired) electrons. The fourth-order valence-electron chi connectivity index (χ4n) is 2.97. The number of nitrogens with zero attached hydrogens (tertiary/aromatic N) is 5. The van der Waals surface area contributed by atoms with E-state index in [1.807, 2.05) is 13.0 Å². The van der Waals surface area contributed by atoms with Crippen LogP contribution in [0.15, 0.2) is 48.7 Å². The number of fused-ring (bicyclic) bond motifs is 1. The number of ether oxygens (including phenoxy) is 1. The van der Waals surface area contributed by atoms with Gasteiger partial charge in [0.15, 0.2) is 11.6 Å². The van der Waals surface area contributed by atoms with Crippen LogP contribution in [-0.2, 0) is 12.6 Å². The number of aromatic nitrogens is 5. The topological polar surface area (TPSA) is 65.7 Å². The predicted octanol–water partition coefficient (Wildman–Crippen LogP) is 4.47. The summed E-state index contributed by atoms with van der Waals surface area (Å²) in [4.78, 5) is 8.86. The molecule has 0 bridgehead atoms. The zero-order valence-electron chi connectivity index (χ0n) is 15.6. The largest absolute Gasteiger partial charge is 0.480 e. The highest BCUT2D eigenvalue weighted by Crippen LogP contribution is 2.33. The molecule has 3 aromatic heterocycles. The van der Waals surface area contributed by atoms with Gasteiger partial charge in [0.2, 0.25) is 5.88 Å². The van der Waals surface area contributed by atoms with E-state index in [-0.39, 0.29) is 5.52 Å². The molecule has 0 unspecified atom stereocenters. The minimum atomic E-state index is -4.46. The van der Waals surface area contributed by atoms with Crippen molar-refractivity contribution >= 4 is 11.0 Å². The average Bonchev–Trinajstić information content (AvgIpc) is 3.12. The number of pyridine rings is 1. The summed E-state index contributed by atoms with van der Waals surface area (Å²) in [5, 5.41) is 8.09. The molecule has 1 aromatic carbocycles. The normalized spacial score (nSPS) is 11.8. The molecule has 0 aliphatic heterocycles. The molecule has 4 rings (SSSR count). The molecule has 0 aliphatic carbocycles. The Morgan fingerprint density at radius 2 is 1.86 bits per heavy atom. The van der Waals surface area contributed by atoms with Crippen LogP contribution in [-0.4, -0.2) is 31.8 Å². The Balaban J connectivity index is 1.95. The molecule has 3 heterocycles. The second kappa shape index (κ2) is 7.16. The first-order valence-corrected chi connectivity index (χ1v) is 8.84. The van der Waals surface area contributed by atoms with Crippen LogP contribution in [0.4, 0.5) is 13.2 Å². The molecule has 9 heteroatoms. The lowest BCUT2D eigenvalue weighted by Crippen LogP contribution is -2.05. The molecule has 0 fully saturated rings. The molecular formula is C20H16F3N5O. The zero-order chi connectivity index (χ0) is 20.6. The summed E-state index contributed by atoms with van der Waals surface area (Å²) in [7, 11) is 1.47. The fourth-order valence-corrected chi connectivity index (χ4v) is 2.97. The lowest BCUT2D eigenvalue weighted by Gasteiger charge is -2.09. The standard InChI is InChI=1S/C20H16F3N5O/c1-3-12-4-6-14(24-11-12)19-25-15-10-13(20(21,22)23)5-7-16(15)28(19)17-8-9-18(29-2)27-26-17/h4-11H,3H2,1-2H3. The summed E-state index contributed by atoms with van der Waals surface area (Å²) >= 11 is 0. The Labute approximate surface area is 164 Å². The summed E-state index contributed by atoms with van der Waals surface area (Å²) in [6.07, 6.45) is -1.92. The van der Waals surface area contributed by atoms with Gasteiger partial charge in [-0.1, -0.05) is 13.0 Å². The van der Waals surface area contributed by atoms with Crippen molar-refractivity contribution < 1.29 is 17.9 Å². The lowest BCUT2D eigenvalue weighted by molar-refractivity contribution is -0.137. The quantitative estimate of drug-likeness (QED) is 0.507. The third-order valence-corrected chi connectivity index (χ3v) is 4.51. The Morgan fingerprint density at radius 3 is 2.45 bits per heavy atom. The number of alkyl halides is 3. The summed E-state index contributed by atoms with van der Waals surface area (Å²) < 4.78 is 46.1. The molecule has 4 aromatic rings. The third kappa shape index (κ3) is 3.51. The van der Waals surface area contributed by atoms with Gasteiger partial charge in [-0.05, 0) is 42.3 Å². The fraction of sp³-hybridized carbons (Fsp3) is 0.200.